The van der Waals surface area contributed by atoms with Gasteiger partial charge in [0.05, 0.1) is 12.7 Å². The molecule has 0 bridgehead atoms. The van der Waals surface area contributed by atoms with Crippen LogP contribution in [0.15, 0.2) is 12.1 Å². The average Bonchev–Trinajstić information content (AvgIpc) is 2.63. The Morgan fingerprint density at radius 3 is 2.00 bits per heavy atom. The minimum Gasteiger partial charge on any atom is -0.507 e. The monoisotopic (exact) mass is 416 g/mol. The Morgan fingerprint density at radius 1 is 1.00 bits per heavy atom. The molecule has 2 aromatic rings. The van der Waals surface area contributed by atoms with Gasteiger partial charge in [-0.25, -0.2) is 0 Å². The quantitative estimate of drug-likeness (QED) is 0.535. The van der Waals surface area contributed by atoms with Crippen LogP contribution < -0.4 is 4.74 Å². The van der Waals surface area contributed by atoms with Crippen molar-refractivity contribution in [2.45, 2.75) is 67.6 Å². The molecule has 160 valence electrons. The lowest BCUT2D eigenvalue weighted by Crippen LogP contribution is -2.04. The number of hydrogen-bond acceptors (Lipinski definition) is 4. The predicted molar refractivity (Wildman–Crippen MR) is 126 cm³/mol. The first kappa shape index (κ1) is 25.1. The van der Waals surface area contributed by atoms with Gasteiger partial charge in [0, 0.05) is 10.8 Å². The van der Waals surface area contributed by atoms with Gasteiger partial charge < -0.3 is 9.84 Å². The first-order chi connectivity index (χ1) is 13.5. The number of thioether (sulfide) groups is 1. The van der Waals surface area contributed by atoms with Gasteiger partial charge in [-0.3, -0.25) is 4.79 Å². The third kappa shape index (κ3) is 5.79. The molecule has 1 N–H and O–H groups in total. The molecule has 4 heteroatoms. The summed E-state index contributed by atoms with van der Waals surface area (Å²) in [6, 6.07) is 4.19. The van der Waals surface area contributed by atoms with Crippen molar-refractivity contribution >= 4 is 17.5 Å². The van der Waals surface area contributed by atoms with Crippen LogP contribution in [0, 0.1) is 41.5 Å². The molecule has 0 heterocycles. The number of Topliss-reactive ketones (excluding diaryl/α,β-unsaturated/α-hetero) is 1. The zero-order valence-electron chi connectivity index (χ0n) is 19.6. The molecule has 3 nitrogen and oxygen atoms in total. The van der Waals surface area contributed by atoms with Crippen molar-refractivity contribution in [2.75, 3.05) is 12.9 Å². The molecule has 1 atom stereocenters. The number of ketones is 1. The number of carbonyl (C=O) groups is 1. The number of carbonyl (C=O) groups excluding carboxylic acids is 1. The summed E-state index contributed by atoms with van der Waals surface area (Å²) < 4.78 is 5.28. The predicted octanol–water partition coefficient (Wildman–Crippen LogP) is 6.95. The van der Waals surface area contributed by atoms with Crippen molar-refractivity contribution in [1.29, 1.82) is 0 Å². The Balaban J connectivity index is 0.000000291. The Hall–Kier alpha value is -1.94. The molecule has 0 amide bonds. The number of ether oxygens (including phenoxy) is 1. The Kier molecular flexibility index (Phi) is 9.28. The van der Waals surface area contributed by atoms with Crippen LogP contribution in [0.2, 0.25) is 0 Å². The summed E-state index contributed by atoms with van der Waals surface area (Å²) in [5.74, 6) is 2.34. The van der Waals surface area contributed by atoms with Gasteiger partial charge in [0.25, 0.3) is 0 Å². The number of phenols is 1. The number of methoxy groups -OCH3 is 1. The fourth-order valence-electron chi connectivity index (χ4n) is 3.68. The van der Waals surface area contributed by atoms with E-state index < -0.39 is 0 Å². The van der Waals surface area contributed by atoms with Crippen LogP contribution in [0.25, 0.3) is 0 Å². The molecule has 2 rings (SSSR count). The van der Waals surface area contributed by atoms with E-state index in [-0.39, 0.29) is 5.78 Å². The number of aryl methyl sites for hydroxylation is 4. The van der Waals surface area contributed by atoms with Crippen LogP contribution in [0.1, 0.15) is 75.3 Å². The van der Waals surface area contributed by atoms with Crippen LogP contribution in [0.5, 0.6) is 11.5 Å². The summed E-state index contributed by atoms with van der Waals surface area (Å²) in [4.78, 5) is 11.4. The molecule has 0 radical (unpaired) electrons. The van der Waals surface area contributed by atoms with Crippen molar-refractivity contribution in [3.05, 3.63) is 56.6 Å². The van der Waals surface area contributed by atoms with Gasteiger partial charge in [0.1, 0.15) is 11.5 Å². The summed E-state index contributed by atoms with van der Waals surface area (Å²) in [5.41, 5.74) is 8.37. The molecular weight excluding hydrogens is 380 g/mol. The van der Waals surface area contributed by atoms with Crippen molar-refractivity contribution in [3.63, 3.8) is 0 Å². The average molecular weight is 417 g/mol. The van der Waals surface area contributed by atoms with E-state index in [4.69, 9.17) is 4.74 Å². The van der Waals surface area contributed by atoms with E-state index in [1.807, 2.05) is 52.4 Å². The van der Waals surface area contributed by atoms with Crippen molar-refractivity contribution in [1.82, 2.24) is 0 Å². The molecule has 0 saturated carbocycles. The highest BCUT2D eigenvalue weighted by Crippen LogP contribution is 2.39. The molecule has 0 saturated heterocycles. The van der Waals surface area contributed by atoms with Crippen LogP contribution in [-0.4, -0.2) is 23.8 Å². The van der Waals surface area contributed by atoms with Gasteiger partial charge in [0.2, 0.25) is 0 Å². The van der Waals surface area contributed by atoms with Gasteiger partial charge in [-0.2, -0.15) is 11.8 Å². The van der Waals surface area contributed by atoms with E-state index in [1.165, 1.54) is 11.1 Å². The fourth-order valence-corrected chi connectivity index (χ4v) is 4.64. The van der Waals surface area contributed by atoms with E-state index in [0.717, 1.165) is 39.3 Å². The maximum atomic E-state index is 11.4. The number of hydrogen-bond donors (Lipinski definition) is 1. The van der Waals surface area contributed by atoms with Gasteiger partial charge in [-0.05, 0) is 94.5 Å². The molecule has 1 unspecified atom stereocenters. The van der Waals surface area contributed by atoms with Crippen molar-refractivity contribution in [2.24, 2.45) is 0 Å². The Labute approximate surface area is 180 Å². The molecule has 0 aliphatic rings. The zero-order chi connectivity index (χ0) is 22.5. The normalized spacial score (nSPS) is 11.5. The summed E-state index contributed by atoms with van der Waals surface area (Å²) >= 11 is 1.87. The summed E-state index contributed by atoms with van der Waals surface area (Å²) in [7, 11) is 1.60. The lowest BCUT2D eigenvalue weighted by atomic mass is 9.97. The Morgan fingerprint density at radius 2 is 1.52 bits per heavy atom. The van der Waals surface area contributed by atoms with E-state index in [2.05, 4.69) is 26.8 Å². The number of phenolic OH excluding ortho intramolecular Hbond substituents is 1. The lowest BCUT2D eigenvalue weighted by molar-refractivity contribution is 0.101. The minimum atomic E-state index is 0.0578. The molecule has 0 fully saturated rings. The van der Waals surface area contributed by atoms with Gasteiger partial charge >= 0.3 is 0 Å². The molecule has 0 aliphatic carbocycles. The second-order valence-electron chi connectivity index (χ2n) is 7.60. The lowest BCUT2D eigenvalue weighted by Gasteiger charge is -2.18. The zero-order valence-corrected chi connectivity index (χ0v) is 20.4. The number of rotatable bonds is 5. The highest BCUT2D eigenvalue weighted by molar-refractivity contribution is 7.99. The molecule has 0 aromatic heterocycles. The summed E-state index contributed by atoms with van der Waals surface area (Å²) in [6.07, 6.45) is 0. The number of benzene rings is 2. The van der Waals surface area contributed by atoms with Gasteiger partial charge in [-0.15, -0.1) is 0 Å². The molecule has 0 spiro atoms. The van der Waals surface area contributed by atoms with Crippen LogP contribution in [-0.2, 0) is 0 Å². The van der Waals surface area contributed by atoms with E-state index in [0.29, 0.717) is 16.6 Å². The second kappa shape index (κ2) is 10.7. The van der Waals surface area contributed by atoms with Gasteiger partial charge in [-0.1, -0.05) is 19.1 Å². The van der Waals surface area contributed by atoms with Crippen LogP contribution in [0.4, 0.5) is 0 Å². The molecule has 2 aromatic carbocycles. The Bertz CT molecular complexity index is 885. The van der Waals surface area contributed by atoms with Crippen LogP contribution in [0.3, 0.4) is 0 Å². The van der Waals surface area contributed by atoms with E-state index in [1.54, 1.807) is 14.0 Å². The SMILES string of the molecule is CCSC(C)c1c(C)cc(C)c(C)c1O.COc1c(C)c(C)cc(C)c1C(C)=O. The molecule has 29 heavy (non-hydrogen) atoms. The highest BCUT2D eigenvalue weighted by atomic mass is 32.2. The standard InChI is InChI=1S/C13H20OS.C12H16O2/c1-6-15-11(5)12-9(3)7-8(2)10(4)13(12)14;1-7-6-8(2)11(10(4)13)12(14-5)9(7)3/h7,11,14H,6H2,1-5H3;6H,1-5H3. The van der Waals surface area contributed by atoms with E-state index >= 15 is 0 Å². The molecular formula is C25H36O3S. The first-order valence-corrected chi connectivity index (χ1v) is 11.1. The first-order valence-electron chi connectivity index (χ1n) is 10.0. The largest absolute Gasteiger partial charge is 0.507 e. The molecule has 0 aliphatic heterocycles. The smallest absolute Gasteiger partial charge is 0.163 e. The van der Waals surface area contributed by atoms with E-state index in [9.17, 15) is 9.90 Å². The maximum absolute atomic E-state index is 11.4. The fraction of sp³-hybridized carbons (Fsp3) is 0.480. The maximum Gasteiger partial charge on any atom is 0.163 e. The highest BCUT2D eigenvalue weighted by Gasteiger charge is 2.16. The van der Waals surface area contributed by atoms with Crippen molar-refractivity contribution < 1.29 is 14.6 Å². The topological polar surface area (TPSA) is 46.5 Å². The third-order valence-corrected chi connectivity index (χ3v) is 6.49. The summed E-state index contributed by atoms with van der Waals surface area (Å²) in [6.45, 7) is 17.9. The van der Waals surface area contributed by atoms with Crippen molar-refractivity contribution in [3.8, 4) is 11.5 Å². The third-order valence-electron chi connectivity index (χ3n) is 5.43. The summed E-state index contributed by atoms with van der Waals surface area (Å²) in [5, 5.41) is 10.5. The second-order valence-corrected chi connectivity index (χ2v) is 9.21. The van der Waals surface area contributed by atoms with Crippen LogP contribution >= 0.6 is 11.8 Å². The van der Waals surface area contributed by atoms with Gasteiger partial charge in [0.15, 0.2) is 5.78 Å². The minimum absolute atomic E-state index is 0.0578. The number of aromatic hydroxyl groups is 1.